The van der Waals surface area contributed by atoms with Crippen LogP contribution >= 0.6 is 0 Å². The Morgan fingerprint density at radius 2 is 1.36 bits per heavy atom. The largest absolute Gasteiger partial charge is 0.748 e. The van der Waals surface area contributed by atoms with Crippen LogP contribution in [0.4, 0.5) is 11.4 Å². The Morgan fingerprint density at radius 3 is 1.83 bits per heavy atom. The molecule has 19 heteroatoms. The van der Waals surface area contributed by atoms with E-state index in [2.05, 4.69) is 5.32 Å². The minimum absolute atomic E-state index is 0.0397. The summed E-state index contributed by atoms with van der Waals surface area (Å²) in [6.45, 7) is -1.63. The minimum atomic E-state index is -4.79. The van der Waals surface area contributed by atoms with Crippen LogP contribution in [0, 0.1) is 0 Å². The van der Waals surface area contributed by atoms with Gasteiger partial charge in [0.25, 0.3) is 11.8 Å². The van der Waals surface area contributed by atoms with E-state index in [1.807, 2.05) is 0 Å². The first-order valence-corrected chi connectivity index (χ1v) is 14.7. The maximum Gasteiger partial charge on any atom is 0.364 e. The van der Waals surface area contributed by atoms with E-state index in [0.717, 1.165) is 17.0 Å². The summed E-state index contributed by atoms with van der Waals surface area (Å²) in [5, 5.41) is 2.77. The number of anilines is 2. The molecule has 1 aliphatic heterocycles. The van der Waals surface area contributed by atoms with Gasteiger partial charge < -0.3 is 28.7 Å². The summed E-state index contributed by atoms with van der Waals surface area (Å²) in [5.41, 5.74) is -0.516. The number of hydroxylamine groups is 2. The van der Waals surface area contributed by atoms with Crippen molar-refractivity contribution in [1.82, 2.24) is 5.06 Å². The van der Waals surface area contributed by atoms with Gasteiger partial charge in [-0.05, 0) is 18.2 Å². The van der Waals surface area contributed by atoms with Crippen molar-refractivity contribution in [2.45, 2.75) is 12.8 Å². The lowest BCUT2D eigenvalue weighted by molar-refractivity contribution is -0.172. The molecule has 2 rings (SSSR count). The zero-order valence-corrected chi connectivity index (χ0v) is 20.8. The summed E-state index contributed by atoms with van der Waals surface area (Å²) < 4.78 is 99.2. The number of imide groups is 1. The van der Waals surface area contributed by atoms with Crippen molar-refractivity contribution < 1.29 is 58.1 Å². The fourth-order valence-corrected chi connectivity index (χ4v) is 4.18. The Bertz CT molecular complexity index is 1290. The van der Waals surface area contributed by atoms with Gasteiger partial charge in [0.1, 0.15) is 0 Å². The molecule has 0 bridgehead atoms. The molecule has 0 saturated carbocycles. The van der Waals surface area contributed by atoms with E-state index in [4.69, 9.17) is 4.84 Å². The molecule has 0 aliphatic carbocycles. The number of hydrogen-bond donors (Lipinski definition) is 1. The molecule has 0 unspecified atom stereocenters. The van der Waals surface area contributed by atoms with Crippen molar-refractivity contribution >= 4 is 59.5 Å². The van der Waals surface area contributed by atoms with Gasteiger partial charge in [-0.3, -0.25) is 9.59 Å². The third-order valence-electron chi connectivity index (χ3n) is 4.60. The molecule has 1 aliphatic rings. The second-order valence-electron chi connectivity index (χ2n) is 7.43. The second-order valence-corrected chi connectivity index (χ2v) is 12.0. The number of nitrogens with zero attached hydrogens (tertiary/aromatic N) is 2. The molecular weight excluding hydrogens is 550 g/mol. The molecule has 0 spiro atoms. The smallest absolute Gasteiger partial charge is 0.364 e. The van der Waals surface area contributed by atoms with Gasteiger partial charge in [-0.2, -0.15) is 0 Å². The quantitative estimate of drug-likeness (QED) is 0.194. The Labute approximate surface area is 206 Å². The van der Waals surface area contributed by atoms with Crippen LogP contribution in [0.3, 0.4) is 0 Å². The first-order chi connectivity index (χ1) is 16.4. The molecule has 2 amide bonds. The number of hydrogen-bond acceptors (Lipinski definition) is 15. The van der Waals surface area contributed by atoms with E-state index in [1.165, 1.54) is 6.07 Å². The average Bonchev–Trinajstić information content (AvgIpc) is 3.03. The van der Waals surface area contributed by atoms with Gasteiger partial charge in [0.15, 0.2) is 0 Å². The highest BCUT2D eigenvalue weighted by Crippen LogP contribution is 2.25. The lowest BCUT2D eigenvalue weighted by Crippen LogP contribution is -2.34. The average molecular weight is 571 g/mol. The van der Waals surface area contributed by atoms with Gasteiger partial charge in [0.2, 0.25) is 0 Å². The molecule has 0 aromatic heterocycles. The Morgan fingerprint density at radius 1 is 0.861 bits per heavy atom. The van der Waals surface area contributed by atoms with Crippen molar-refractivity contribution in [3.63, 3.8) is 0 Å². The third kappa shape index (κ3) is 10.0. The van der Waals surface area contributed by atoms with E-state index < -0.39 is 85.0 Å². The summed E-state index contributed by atoms with van der Waals surface area (Å²) in [6, 6.07) is 3.31. The summed E-state index contributed by atoms with van der Waals surface area (Å²) >= 11 is 0. The van der Waals surface area contributed by atoms with Crippen LogP contribution in [0.15, 0.2) is 18.2 Å². The minimum Gasteiger partial charge on any atom is -0.748 e. The Balaban J connectivity index is 2.43. The van der Waals surface area contributed by atoms with Crippen molar-refractivity contribution in [2.75, 3.05) is 47.1 Å². The molecule has 1 aromatic rings. The number of amides is 2. The van der Waals surface area contributed by atoms with E-state index >= 15 is 0 Å². The molecule has 1 fully saturated rings. The maximum absolute atomic E-state index is 12.6. The fraction of sp³-hybridized carbons (Fsp3) is 0.471. The lowest BCUT2D eigenvalue weighted by atomic mass is 10.1. The molecule has 1 heterocycles. The van der Waals surface area contributed by atoms with Crippen LogP contribution in [-0.4, -0.2) is 98.7 Å². The van der Waals surface area contributed by atoms with Gasteiger partial charge in [0, 0.05) is 43.9 Å². The Hall–Kier alpha value is -2.84. The number of rotatable bonds is 13. The monoisotopic (exact) mass is 570 g/mol. The number of nitrogens with one attached hydrogen (secondary N) is 1. The Kier molecular flexibility index (Phi) is 9.37. The van der Waals surface area contributed by atoms with Crippen molar-refractivity contribution in [3.8, 4) is 0 Å². The van der Waals surface area contributed by atoms with Gasteiger partial charge >= 0.3 is 5.97 Å². The van der Waals surface area contributed by atoms with Crippen LogP contribution in [0.1, 0.15) is 23.2 Å². The summed E-state index contributed by atoms with van der Waals surface area (Å²) in [7, 11) is -14.2. The van der Waals surface area contributed by atoms with Crippen molar-refractivity contribution in [1.29, 1.82) is 0 Å². The van der Waals surface area contributed by atoms with Crippen molar-refractivity contribution in [3.05, 3.63) is 23.8 Å². The SMILES string of the molecule is O=C(ON1C(=O)CCC1=O)c1cc(NCCS(=O)(=O)[O-])cc(N(CCS(=O)(=O)[O-])CCS(=O)(=O)[O-])c1. The standard InChI is InChI=1S/C17H23N3O13S3/c21-15-1-2-16(22)20(15)33-17(23)12-9-13(18-3-6-34(24,25)26)11-14(10-12)19(4-7-35(27,28)29)5-8-36(30,31)32/h9-11,18H,1-8H2,(H,24,25,26)(H,27,28,29)(H,30,31,32)/p-3. The maximum atomic E-state index is 12.6. The normalized spacial score (nSPS) is 14.7. The van der Waals surface area contributed by atoms with Crippen LogP contribution in [0.25, 0.3) is 0 Å². The summed E-state index contributed by atoms with van der Waals surface area (Å²) in [4.78, 5) is 41.9. The first-order valence-electron chi connectivity index (χ1n) is 9.96. The number of carbonyl (C=O) groups is 3. The highest BCUT2D eigenvalue weighted by atomic mass is 32.2. The molecule has 36 heavy (non-hydrogen) atoms. The number of benzene rings is 1. The predicted molar refractivity (Wildman–Crippen MR) is 117 cm³/mol. The van der Waals surface area contributed by atoms with Gasteiger partial charge in [-0.1, -0.05) is 0 Å². The molecule has 0 atom stereocenters. The van der Waals surface area contributed by atoms with E-state index in [9.17, 15) is 53.3 Å². The molecule has 1 N–H and O–H groups in total. The van der Waals surface area contributed by atoms with E-state index in [-0.39, 0.29) is 34.8 Å². The van der Waals surface area contributed by atoms with Gasteiger partial charge in [0.05, 0.1) is 53.2 Å². The summed E-state index contributed by atoms with van der Waals surface area (Å²) in [5.74, 6) is -5.69. The zero-order valence-electron chi connectivity index (χ0n) is 18.3. The fourth-order valence-electron chi connectivity index (χ4n) is 2.94. The van der Waals surface area contributed by atoms with Crippen LogP contribution in [0.2, 0.25) is 0 Å². The van der Waals surface area contributed by atoms with Gasteiger partial charge in [-0.15, -0.1) is 5.06 Å². The molecule has 1 saturated heterocycles. The molecule has 202 valence electrons. The third-order valence-corrected chi connectivity index (χ3v) is 6.67. The first kappa shape index (κ1) is 29.4. The van der Waals surface area contributed by atoms with Crippen LogP contribution < -0.4 is 10.2 Å². The van der Waals surface area contributed by atoms with Crippen molar-refractivity contribution in [2.24, 2.45) is 0 Å². The molecule has 0 radical (unpaired) electrons. The molecule has 16 nitrogen and oxygen atoms in total. The van der Waals surface area contributed by atoms with E-state index in [1.54, 1.807) is 0 Å². The van der Waals surface area contributed by atoms with E-state index in [0.29, 0.717) is 0 Å². The van der Waals surface area contributed by atoms with Crippen LogP contribution in [0.5, 0.6) is 0 Å². The molecular formula is C17H20N3O13S3-3. The lowest BCUT2D eigenvalue weighted by Gasteiger charge is -2.27. The topological polar surface area (TPSA) is 251 Å². The highest BCUT2D eigenvalue weighted by molar-refractivity contribution is 7.86. The zero-order chi connectivity index (χ0) is 27.3. The molecule has 1 aromatic carbocycles. The number of carbonyl (C=O) groups excluding carboxylic acids is 3. The predicted octanol–water partition coefficient (Wildman–Crippen LogP) is -2.24. The summed E-state index contributed by atoms with van der Waals surface area (Å²) in [6.07, 6.45) is -0.381. The second kappa shape index (κ2) is 11.5. The van der Waals surface area contributed by atoms with Gasteiger partial charge in [-0.25, -0.2) is 30.0 Å². The van der Waals surface area contributed by atoms with Crippen LogP contribution in [-0.2, 0) is 44.8 Å². The highest BCUT2D eigenvalue weighted by Gasteiger charge is 2.33.